The standard InChI is InChI=1S/C16H14ClF3N4O3/c1-2-27-14(26)11-8-21-15(22-12(11)16(18,19)20)24-23-13(25)10-5-3-4-9(6-10)7-17/h3-6,8H,2,7H2,1H3,(H,23,25)(H,21,22,24). The van der Waals surface area contributed by atoms with Crippen LogP contribution in [0, 0.1) is 0 Å². The maximum Gasteiger partial charge on any atom is 0.434 e. The predicted molar refractivity (Wildman–Crippen MR) is 90.1 cm³/mol. The Bertz CT molecular complexity index is 846. The second-order valence-electron chi connectivity index (χ2n) is 5.09. The van der Waals surface area contributed by atoms with Crippen LogP contribution >= 0.6 is 11.6 Å². The third kappa shape index (κ3) is 5.30. The molecule has 1 heterocycles. The van der Waals surface area contributed by atoms with E-state index in [0.29, 0.717) is 11.8 Å². The number of esters is 1. The molecule has 27 heavy (non-hydrogen) atoms. The van der Waals surface area contributed by atoms with Crippen molar-refractivity contribution in [3.05, 3.63) is 52.8 Å². The molecular weight excluding hydrogens is 389 g/mol. The molecule has 1 aromatic heterocycles. The van der Waals surface area contributed by atoms with E-state index in [9.17, 15) is 22.8 Å². The molecule has 7 nitrogen and oxygen atoms in total. The summed E-state index contributed by atoms with van der Waals surface area (Å²) in [7, 11) is 0. The highest BCUT2D eigenvalue weighted by molar-refractivity contribution is 6.17. The molecule has 0 unspecified atom stereocenters. The number of ether oxygens (including phenoxy) is 1. The van der Waals surface area contributed by atoms with Gasteiger partial charge in [-0.1, -0.05) is 12.1 Å². The summed E-state index contributed by atoms with van der Waals surface area (Å²) in [5.74, 6) is -2.17. The van der Waals surface area contributed by atoms with Crippen LogP contribution in [0.15, 0.2) is 30.5 Å². The van der Waals surface area contributed by atoms with E-state index in [0.717, 1.165) is 0 Å². The predicted octanol–water partition coefficient (Wildman–Crippen LogP) is 3.17. The van der Waals surface area contributed by atoms with E-state index >= 15 is 0 Å². The third-order valence-electron chi connectivity index (χ3n) is 3.18. The van der Waals surface area contributed by atoms with Gasteiger partial charge in [0.2, 0.25) is 5.95 Å². The minimum Gasteiger partial charge on any atom is -0.462 e. The van der Waals surface area contributed by atoms with E-state index in [1.165, 1.54) is 19.1 Å². The molecule has 0 aliphatic carbocycles. The summed E-state index contributed by atoms with van der Waals surface area (Å²) in [5, 5.41) is 0. The van der Waals surface area contributed by atoms with Crippen LogP contribution in [0.3, 0.4) is 0 Å². The van der Waals surface area contributed by atoms with Crippen LogP contribution in [0.4, 0.5) is 19.1 Å². The minimum absolute atomic E-state index is 0.104. The first kappa shape index (κ1) is 20.4. The number of amides is 1. The van der Waals surface area contributed by atoms with Gasteiger partial charge in [0.05, 0.1) is 6.61 Å². The van der Waals surface area contributed by atoms with Gasteiger partial charge in [-0.15, -0.1) is 11.6 Å². The van der Waals surface area contributed by atoms with Crippen molar-refractivity contribution in [2.45, 2.75) is 19.0 Å². The fraction of sp³-hybridized carbons (Fsp3) is 0.250. The first-order chi connectivity index (χ1) is 12.8. The first-order valence-corrected chi connectivity index (χ1v) is 8.12. The number of benzene rings is 1. The largest absolute Gasteiger partial charge is 0.462 e. The average molecular weight is 403 g/mol. The number of nitrogens with one attached hydrogen (secondary N) is 2. The number of alkyl halides is 4. The van der Waals surface area contributed by atoms with E-state index in [2.05, 4.69) is 25.6 Å². The van der Waals surface area contributed by atoms with Crippen LogP contribution in [0.25, 0.3) is 0 Å². The molecule has 144 valence electrons. The van der Waals surface area contributed by atoms with Crippen LogP contribution in [0.5, 0.6) is 0 Å². The summed E-state index contributed by atoms with van der Waals surface area (Å²) in [6.45, 7) is 1.35. The van der Waals surface area contributed by atoms with Gasteiger partial charge in [0.25, 0.3) is 5.91 Å². The Labute approximate surface area is 156 Å². The highest BCUT2D eigenvalue weighted by Crippen LogP contribution is 2.31. The number of anilines is 1. The quantitative estimate of drug-likeness (QED) is 0.438. The van der Waals surface area contributed by atoms with Crippen LogP contribution in [0.2, 0.25) is 0 Å². The molecule has 0 atom stereocenters. The molecule has 0 saturated carbocycles. The van der Waals surface area contributed by atoms with E-state index < -0.39 is 35.3 Å². The van der Waals surface area contributed by atoms with Crippen LogP contribution in [-0.2, 0) is 16.8 Å². The Morgan fingerprint density at radius 3 is 2.67 bits per heavy atom. The molecule has 11 heteroatoms. The average Bonchev–Trinajstić information content (AvgIpc) is 2.65. The summed E-state index contributed by atoms with van der Waals surface area (Å²) < 4.78 is 44.0. The van der Waals surface area contributed by atoms with E-state index in [4.69, 9.17) is 11.6 Å². The third-order valence-corrected chi connectivity index (χ3v) is 3.49. The number of hydrazine groups is 1. The maximum atomic E-state index is 13.2. The van der Waals surface area contributed by atoms with Crippen LogP contribution in [0.1, 0.15) is 38.9 Å². The normalized spacial score (nSPS) is 11.0. The number of carbonyl (C=O) groups is 2. The van der Waals surface area contributed by atoms with Gasteiger partial charge >= 0.3 is 12.1 Å². The number of aromatic nitrogens is 2. The monoisotopic (exact) mass is 402 g/mol. The lowest BCUT2D eigenvalue weighted by Gasteiger charge is -2.13. The number of carbonyl (C=O) groups excluding carboxylic acids is 2. The topological polar surface area (TPSA) is 93.2 Å². The van der Waals surface area contributed by atoms with Crippen molar-refractivity contribution in [3.8, 4) is 0 Å². The van der Waals surface area contributed by atoms with Crippen molar-refractivity contribution in [1.29, 1.82) is 0 Å². The summed E-state index contributed by atoms with van der Waals surface area (Å²) in [4.78, 5) is 30.6. The van der Waals surface area contributed by atoms with Gasteiger partial charge < -0.3 is 4.74 Å². The van der Waals surface area contributed by atoms with Crippen molar-refractivity contribution in [2.75, 3.05) is 12.0 Å². The Balaban J connectivity index is 2.19. The van der Waals surface area contributed by atoms with Gasteiger partial charge in [-0.2, -0.15) is 13.2 Å². The summed E-state index contributed by atoms with van der Waals surface area (Å²) >= 11 is 5.69. The summed E-state index contributed by atoms with van der Waals surface area (Å²) in [6.07, 6.45) is -4.24. The molecule has 0 bridgehead atoms. The number of nitrogens with zero attached hydrogens (tertiary/aromatic N) is 2. The van der Waals surface area contributed by atoms with Crippen LogP contribution < -0.4 is 10.9 Å². The number of hydrogen-bond acceptors (Lipinski definition) is 6. The lowest BCUT2D eigenvalue weighted by molar-refractivity contribution is -0.141. The molecule has 2 rings (SSSR count). The van der Waals surface area contributed by atoms with Gasteiger partial charge in [0.15, 0.2) is 5.69 Å². The van der Waals surface area contributed by atoms with Crippen LogP contribution in [-0.4, -0.2) is 28.5 Å². The smallest absolute Gasteiger partial charge is 0.434 e. The lowest BCUT2D eigenvalue weighted by Crippen LogP contribution is -2.31. The van der Waals surface area contributed by atoms with Gasteiger partial charge in [-0.05, 0) is 24.6 Å². The molecule has 1 amide bonds. The fourth-order valence-corrected chi connectivity index (χ4v) is 2.16. The molecule has 0 aliphatic rings. The number of halogens is 4. The summed E-state index contributed by atoms with van der Waals surface area (Å²) in [6, 6.07) is 6.35. The maximum absolute atomic E-state index is 13.2. The molecule has 0 spiro atoms. The molecule has 2 N–H and O–H groups in total. The van der Waals surface area contributed by atoms with Gasteiger partial charge in [-0.3, -0.25) is 15.6 Å². The minimum atomic E-state index is -4.92. The van der Waals surface area contributed by atoms with Crippen molar-refractivity contribution >= 4 is 29.4 Å². The van der Waals surface area contributed by atoms with Crippen molar-refractivity contribution in [2.24, 2.45) is 0 Å². The number of rotatable bonds is 6. The zero-order valence-corrected chi connectivity index (χ0v) is 14.7. The van der Waals surface area contributed by atoms with Crippen molar-refractivity contribution < 1.29 is 27.5 Å². The van der Waals surface area contributed by atoms with Gasteiger partial charge in [-0.25, -0.2) is 14.8 Å². The summed E-state index contributed by atoms with van der Waals surface area (Å²) in [5.41, 5.74) is 2.99. The Hall–Kier alpha value is -2.88. The van der Waals surface area contributed by atoms with Crippen molar-refractivity contribution in [3.63, 3.8) is 0 Å². The molecular formula is C16H14ClF3N4O3. The lowest BCUT2D eigenvalue weighted by atomic mass is 10.1. The van der Waals surface area contributed by atoms with Crippen molar-refractivity contribution in [1.82, 2.24) is 15.4 Å². The fourth-order valence-electron chi connectivity index (χ4n) is 2.00. The molecule has 0 saturated heterocycles. The van der Waals surface area contributed by atoms with E-state index in [-0.39, 0.29) is 18.1 Å². The first-order valence-electron chi connectivity index (χ1n) is 7.58. The highest BCUT2D eigenvalue weighted by atomic mass is 35.5. The second-order valence-corrected chi connectivity index (χ2v) is 5.35. The molecule has 0 radical (unpaired) electrons. The Morgan fingerprint density at radius 1 is 1.30 bits per heavy atom. The Morgan fingerprint density at radius 2 is 2.04 bits per heavy atom. The van der Waals surface area contributed by atoms with E-state index in [1.54, 1.807) is 12.1 Å². The molecule has 0 aliphatic heterocycles. The Kier molecular flexibility index (Phi) is 6.56. The van der Waals surface area contributed by atoms with Gasteiger partial charge in [0.1, 0.15) is 5.56 Å². The highest BCUT2D eigenvalue weighted by Gasteiger charge is 2.38. The SMILES string of the molecule is CCOC(=O)c1cnc(NNC(=O)c2cccc(CCl)c2)nc1C(F)(F)F. The zero-order valence-electron chi connectivity index (χ0n) is 13.9. The molecule has 1 aromatic carbocycles. The number of hydrogen-bond donors (Lipinski definition) is 2. The van der Waals surface area contributed by atoms with E-state index in [1.807, 2.05) is 0 Å². The molecule has 2 aromatic rings. The van der Waals surface area contributed by atoms with Gasteiger partial charge in [0, 0.05) is 17.6 Å². The zero-order chi connectivity index (χ0) is 20.0. The molecule has 0 fully saturated rings. The second kappa shape index (κ2) is 8.67.